The van der Waals surface area contributed by atoms with Crippen LogP contribution in [0.25, 0.3) is 10.2 Å². The van der Waals surface area contributed by atoms with E-state index in [0.717, 1.165) is 66.1 Å². The standard InChI is InChI=1S/C27H30ClN3O3S/c1-33-21-12-9-17(13-20(21)28)15-29-26-24-19-5-3-4-6-22(19)35-27(24)31-25(30-26)18-10-7-16(8-11-18)14-23(32)34-2/h9,12-14,18H,3-8,10-11,15H2,1-2H3,(H,29,30,31). The number of halogens is 1. The normalized spacial score (nSPS) is 17.7. The number of nitrogens with zero attached hydrogens (tertiary/aromatic N) is 2. The Bertz CT molecular complexity index is 1280. The Labute approximate surface area is 214 Å². The van der Waals surface area contributed by atoms with Crippen LogP contribution in [0.1, 0.15) is 66.3 Å². The van der Waals surface area contributed by atoms with Crippen LogP contribution < -0.4 is 10.1 Å². The smallest absolute Gasteiger partial charge is 0.330 e. The third-order valence-electron chi connectivity index (χ3n) is 7.02. The van der Waals surface area contributed by atoms with E-state index in [1.54, 1.807) is 13.2 Å². The zero-order chi connectivity index (χ0) is 24.4. The SMILES string of the molecule is COC(=O)C=C1CCC(c2nc(NCc3ccc(OC)c(Cl)c3)c3c4c(sc3n2)CCCC4)CC1. The van der Waals surface area contributed by atoms with Gasteiger partial charge >= 0.3 is 5.97 Å². The number of benzene rings is 1. The minimum Gasteiger partial charge on any atom is -0.495 e. The van der Waals surface area contributed by atoms with E-state index < -0.39 is 0 Å². The molecule has 2 aliphatic carbocycles. The fourth-order valence-corrected chi connectivity index (χ4v) is 6.66. The number of aromatic nitrogens is 2. The maximum Gasteiger partial charge on any atom is 0.330 e. The molecule has 0 bridgehead atoms. The molecular weight excluding hydrogens is 482 g/mol. The lowest BCUT2D eigenvalue weighted by atomic mass is 9.85. The Morgan fingerprint density at radius 3 is 2.71 bits per heavy atom. The van der Waals surface area contributed by atoms with Crippen LogP contribution in [-0.2, 0) is 28.9 Å². The van der Waals surface area contributed by atoms with Crippen LogP contribution in [0.4, 0.5) is 5.82 Å². The van der Waals surface area contributed by atoms with Crippen LogP contribution in [-0.4, -0.2) is 30.2 Å². The first-order valence-electron chi connectivity index (χ1n) is 12.2. The van der Waals surface area contributed by atoms with E-state index in [2.05, 4.69) is 5.32 Å². The molecule has 2 aliphatic rings. The molecule has 2 heterocycles. The minimum absolute atomic E-state index is 0.273. The van der Waals surface area contributed by atoms with Crippen molar-refractivity contribution in [1.82, 2.24) is 9.97 Å². The molecular formula is C27H30ClN3O3S. The van der Waals surface area contributed by atoms with Gasteiger partial charge in [0.25, 0.3) is 0 Å². The molecule has 0 spiro atoms. The number of methoxy groups -OCH3 is 2. The molecule has 1 saturated carbocycles. The molecule has 1 N–H and O–H groups in total. The van der Waals surface area contributed by atoms with Gasteiger partial charge in [-0.05, 0) is 74.6 Å². The van der Waals surface area contributed by atoms with E-state index >= 15 is 0 Å². The number of rotatable bonds is 6. The summed E-state index contributed by atoms with van der Waals surface area (Å²) < 4.78 is 10.1. The lowest BCUT2D eigenvalue weighted by molar-refractivity contribution is -0.134. The Morgan fingerprint density at radius 1 is 1.17 bits per heavy atom. The van der Waals surface area contributed by atoms with Gasteiger partial charge in [-0.2, -0.15) is 0 Å². The second-order valence-corrected chi connectivity index (χ2v) is 10.7. The number of hydrogen-bond donors (Lipinski definition) is 1. The topological polar surface area (TPSA) is 73.3 Å². The maximum absolute atomic E-state index is 11.6. The highest BCUT2D eigenvalue weighted by molar-refractivity contribution is 7.19. The van der Waals surface area contributed by atoms with Crippen LogP contribution >= 0.6 is 22.9 Å². The van der Waals surface area contributed by atoms with Gasteiger partial charge in [0.05, 0.1) is 24.6 Å². The molecule has 6 nitrogen and oxygen atoms in total. The second kappa shape index (κ2) is 10.5. The van der Waals surface area contributed by atoms with Crippen molar-refractivity contribution in [2.45, 2.75) is 63.8 Å². The van der Waals surface area contributed by atoms with Crippen molar-refractivity contribution in [3.05, 3.63) is 56.7 Å². The fraction of sp³-hybridized carbons (Fsp3) is 0.444. The average Bonchev–Trinajstić information content (AvgIpc) is 3.26. The number of ether oxygens (including phenoxy) is 2. The average molecular weight is 512 g/mol. The summed E-state index contributed by atoms with van der Waals surface area (Å²) in [6, 6.07) is 5.86. The number of allylic oxidation sites excluding steroid dienone is 1. The van der Waals surface area contributed by atoms with Gasteiger partial charge in [0, 0.05) is 23.4 Å². The molecule has 1 fully saturated rings. The summed E-state index contributed by atoms with van der Waals surface area (Å²) in [6.45, 7) is 0.622. The molecule has 0 amide bonds. The highest BCUT2D eigenvalue weighted by atomic mass is 35.5. The number of carbonyl (C=O) groups excluding carboxylic acids is 1. The lowest BCUT2D eigenvalue weighted by Crippen LogP contribution is -2.13. The lowest BCUT2D eigenvalue weighted by Gasteiger charge is -2.23. The monoisotopic (exact) mass is 511 g/mol. The van der Waals surface area contributed by atoms with Crippen LogP contribution in [0.5, 0.6) is 5.75 Å². The number of thiophene rings is 1. The Morgan fingerprint density at radius 2 is 1.97 bits per heavy atom. The minimum atomic E-state index is -0.273. The number of aryl methyl sites for hydroxylation is 2. The number of esters is 1. The Kier molecular flexibility index (Phi) is 7.25. The summed E-state index contributed by atoms with van der Waals surface area (Å²) in [5.41, 5.74) is 3.64. The van der Waals surface area contributed by atoms with Gasteiger partial charge in [-0.15, -0.1) is 11.3 Å². The summed E-state index contributed by atoms with van der Waals surface area (Å²) in [5, 5.41) is 5.40. The largest absolute Gasteiger partial charge is 0.495 e. The van der Waals surface area contributed by atoms with E-state index in [4.69, 9.17) is 31.0 Å². The van der Waals surface area contributed by atoms with E-state index in [1.165, 1.54) is 35.8 Å². The third-order valence-corrected chi connectivity index (χ3v) is 8.51. The molecule has 5 rings (SSSR count). The van der Waals surface area contributed by atoms with Gasteiger partial charge in [-0.1, -0.05) is 23.2 Å². The number of anilines is 1. The van der Waals surface area contributed by atoms with Crippen LogP contribution in [0, 0.1) is 0 Å². The fourth-order valence-electron chi connectivity index (χ4n) is 5.11. The van der Waals surface area contributed by atoms with Crippen LogP contribution in [0.2, 0.25) is 5.02 Å². The zero-order valence-electron chi connectivity index (χ0n) is 20.2. The molecule has 0 atom stereocenters. The van der Waals surface area contributed by atoms with Gasteiger partial charge in [-0.3, -0.25) is 0 Å². The first-order valence-corrected chi connectivity index (χ1v) is 13.4. The van der Waals surface area contributed by atoms with Crippen molar-refractivity contribution in [2.24, 2.45) is 0 Å². The van der Waals surface area contributed by atoms with Gasteiger partial charge in [0.15, 0.2) is 0 Å². The van der Waals surface area contributed by atoms with Crippen molar-refractivity contribution in [1.29, 1.82) is 0 Å². The number of fused-ring (bicyclic) bond motifs is 3. The Hall–Kier alpha value is -2.64. The van der Waals surface area contributed by atoms with Crippen molar-refractivity contribution < 1.29 is 14.3 Å². The highest BCUT2D eigenvalue weighted by Gasteiger charge is 2.26. The molecule has 0 radical (unpaired) electrons. The molecule has 0 unspecified atom stereocenters. The van der Waals surface area contributed by atoms with Gasteiger partial charge < -0.3 is 14.8 Å². The first kappa shape index (κ1) is 24.1. The molecule has 184 valence electrons. The summed E-state index contributed by atoms with van der Waals surface area (Å²) in [4.78, 5) is 24.3. The third kappa shape index (κ3) is 5.16. The van der Waals surface area contributed by atoms with E-state index in [1.807, 2.05) is 29.5 Å². The summed E-state index contributed by atoms with van der Waals surface area (Å²) in [7, 11) is 3.04. The predicted octanol–water partition coefficient (Wildman–Crippen LogP) is 6.60. The second-order valence-electron chi connectivity index (χ2n) is 9.24. The number of hydrogen-bond acceptors (Lipinski definition) is 7. The summed E-state index contributed by atoms with van der Waals surface area (Å²) in [5.74, 6) is 2.51. The molecule has 0 saturated heterocycles. The number of nitrogens with one attached hydrogen (secondary N) is 1. The molecule has 8 heteroatoms. The van der Waals surface area contributed by atoms with Gasteiger partial charge in [-0.25, -0.2) is 14.8 Å². The Balaban J connectivity index is 1.44. The molecule has 1 aromatic carbocycles. The number of carbonyl (C=O) groups is 1. The van der Waals surface area contributed by atoms with Crippen molar-refractivity contribution in [3.8, 4) is 5.75 Å². The van der Waals surface area contributed by atoms with E-state index in [0.29, 0.717) is 17.3 Å². The molecule has 0 aliphatic heterocycles. The van der Waals surface area contributed by atoms with Crippen LogP contribution in [0.15, 0.2) is 29.8 Å². The molecule has 2 aromatic heterocycles. The van der Waals surface area contributed by atoms with Gasteiger partial charge in [0.1, 0.15) is 22.2 Å². The first-order chi connectivity index (χ1) is 17.1. The van der Waals surface area contributed by atoms with Gasteiger partial charge in [0.2, 0.25) is 0 Å². The van der Waals surface area contributed by atoms with Crippen LogP contribution in [0.3, 0.4) is 0 Å². The van der Waals surface area contributed by atoms with E-state index in [9.17, 15) is 4.79 Å². The maximum atomic E-state index is 11.6. The van der Waals surface area contributed by atoms with Crippen molar-refractivity contribution in [3.63, 3.8) is 0 Å². The summed E-state index contributed by atoms with van der Waals surface area (Å²) in [6.07, 6.45) is 9.93. The summed E-state index contributed by atoms with van der Waals surface area (Å²) >= 11 is 8.18. The van der Waals surface area contributed by atoms with Crippen molar-refractivity contribution in [2.75, 3.05) is 19.5 Å². The predicted molar refractivity (Wildman–Crippen MR) is 141 cm³/mol. The zero-order valence-corrected chi connectivity index (χ0v) is 21.7. The molecule has 3 aromatic rings. The van der Waals surface area contributed by atoms with E-state index in [-0.39, 0.29) is 11.9 Å². The van der Waals surface area contributed by atoms with Crippen molar-refractivity contribution >= 4 is 44.9 Å². The quantitative estimate of drug-likeness (QED) is 0.297. The molecule has 35 heavy (non-hydrogen) atoms. The highest BCUT2D eigenvalue weighted by Crippen LogP contribution is 2.41.